The standard InChI is InChI=1S/C13H20N4O7/c1-6(19)12-10(21)9(20)11(22)13(24-12)23-5-17-3-8(15-16-17)2-7(14)4-18/h3-4,7,9-13,20-22H,2,5,14H2,1H3/t7-,9-,10?,11-,12?,13?/m0/s1. The number of aliphatic hydroxyl groups excluding tert-OH is 3. The molecule has 3 unspecified atom stereocenters. The Morgan fingerprint density at radius 3 is 2.79 bits per heavy atom. The largest absolute Gasteiger partial charge is 0.387 e. The Hall–Kier alpha value is -1.76. The molecule has 6 atom stereocenters. The van der Waals surface area contributed by atoms with Gasteiger partial charge < -0.3 is 35.3 Å². The van der Waals surface area contributed by atoms with Crippen molar-refractivity contribution < 1.29 is 34.4 Å². The number of aliphatic hydroxyl groups is 3. The molecule has 0 amide bonds. The molecule has 1 fully saturated rings. The monoisotopic (exact) mass is 344 g/mol. The highest BCUT2D eigenvalue weighted by Gasteiger charge is 2.46. The van der Waals surface area contributed by atoms with Crippen LogP contribution in [0.4, 0.5) is 0 Å². The number of aldehydes is 1. The first-order valence-corrected chi connectivity index (χ1v) is 7.25. The predicted octanol–water partition coefficient (Wildman–Crippen LogP) is -3.28. The third kappa shape index (κ3) is 4.20. The van der Waals surface area contributed by atoms with Gasteiger partial charge in [0.1, 0.15) is 37.4 Å². The average Bonchev–Trinajstić information content (AvgIpc) is 2.98. The maximum atomic E-state index is 11.4. The highest BCUT2D eigenvalue weighted by molar-refractivity contribution is 5.81. The van der Waals surface area contributed by atoms with E-state index in [1.807, 2.05) is 0 Å². The van der Waals surface area contributed by atoms with Crippen LogP contribution in [0.2, 0.25) is 0 Å². The molecule has 5 N–H and O–H groups in total. The molecule has 134 valence electrons. The number of carbonyl (C=O) groups excluding carboxylic acids is 2. The molecule has 11 heteroatoms. The first-order valence-electron chi connectivity index (χ1n) is 7.25. The second-order valence-electron chi connectivity index (χ2n) is 5.56. The third-order valence-corrected chi connectivity index (χ3v) is 3.55. The van der Waals surface area contributed by atoms with Crippen molar-refractivity contribution >= 4 is 12.1 Å². The van der Waals surface area contributed by atoms with Gasteiger partial charge in [0.25, 0.3) is 0 Å². The minimum Gasteiger partial charge on any atom is -0.387 e. The lowest BCUT2D eigenvalue weighted by molar-refractivity contribution is -0.298. The van der Waals surface area contributed by atoms with Crippen molar-refractivity contribution in [2.75, 3.05) is 0 Å². The number of hydrogen-bond acceptors (Lipinski definition) is 10. The zero-order chi connectivity index (χ0) is 17.9. The number of nitrogens with zero attached hydrogens (tertiary/aromatic N) is 3. The van der Waals surface area contributed by atoms with Gasteiger partial charge in [-0.1, -0.05) is 5.21 Å². The molecule has 0 saturated carbocycles. The number of aromatic nitrogens is 3. The molecule has 1 aliphatic heterocycles. The molecule has 0 spiro atoms. The molecule has 24 heavy (non-hydrogen) atoms. The van der Waals surface area contributed by atoms with Gasteiger partial charge in [-0.05, 0) is 6.92 Å². The zero-order valence-corrected chi connectivity index (χ0v) is 12.9. The van der Waals surface area contributed by atoms with Crippen molar-refractivity contribution in [3.8, 4) is 0 Å². The normalized spacial score (nSPS) is 31.6. The van der Waals surface area contributed by atoms with E-state index in [-0.39, 0.29) is 13.2 Å². The van der Waals surface area contributed by atoms with Gasteiger partial charge in [0.15, 0.2) is 12.1 Å². The maximum Gasteiger partial charge on any atom is 0.189 e. The summed E-state index contributed by atoms with van der Waals surface area (Å²) in [4.78, 5) is 21.9. The summed E-state index contributed by atoms with van der Waals surface area (Å²) in [7, 11) is 0. The molecule has 0 aliphatic carbocycles. The van der Waals surface area contributed by atoms with Gasteiger partial charge in [-0.15, -0.1) is 5.10 Å². The summed E-state index contributed by atoms with van der Waals surface area (Å²) < 4.78 is 11.7. The Morgan fingerprint density at radius 2 is 2.17 bits per heavy atom. The zero-order valence-electron chi connectivity index (χ0n) is 12.9. The van der Waals surface area contributed by atoms with E-state index in [1.165, 1.54) is 17.8 Å². The number of ketones is 1. The van der Waals surface area contributed by atoms with Gasteiger partial charge in [-0.2, -0.15) is 0 Å². The first-order chi connectivity index (χ1) is 11.3. The van der Waals surface area contributed by atoms with E-state index in [0.29, 0.717) is 12.0 Å². The van der Waals surface area contributed by atoms with Crippen molar-refractivity contribution in [1.82, 2.24) is 15.0 Å². The second kappa shape index (κ2) is 7.88. The summed E-state index contributed by atoms with van der Waals surface area (Å²) in [5.74, 6) is -0.507. The van der Waals surface area contributed by atoms with E-state index >= 15 is 0 Å². The van der Waals surface area contributed by atoms with Crippen LogP contribution >= 0.6 is 0 Å². The van der Waals surface area contributed by atoms with E-state index in [9.17, 15) is 24.9 Å². The molecule has 0 bridgehead atoms. The average molecular weight is 344 g/mol. The predicted molar refractivity (Wildman–Crippen MR) is 76.2 cm³/mol. The molecule has 11 nitrogen and oxygen atoms in total. The smallest absolute Gasteiger partial charge is 0.189 e. The number of nitrogens with two attached hydrogens (primary N) is 1. The minimum atomic E-state index is -1.59. The van der Waals surface area contributed by atoms with Crippen LogP contribution < -0.4 is 5.73 Å². The molecule has 1 aromatic rings. The van der Waals surface area contributed by atoms with Crippen molar-refractivity contribution in [3.05, 3.63) is 11.9 Å². The lowest BCUT2D eigenvalue weighted by Crippen LogP contribution is -2.60. The lowest BCUT2D eigenvalue weighted by Gasteiger charge is -2.39. The van der Waals surface area contributed by atoms with Crippen molar-refractivity contribution in [2.45, 2.75) is 56.8 Å². The molecule has 0 radical (unpaired) electrons. The SMILES string of the molecule is CC(=O)C1OC(OCn2cc(C[C@H](N)C=O)nn2)[C@@H](O)[C@@H](O)C1O. The number of Topliss-reactive ketones (excluding diaryl/α,β-unsaturated/α-hetero) is 1. The van der Waals surface area contributed by atoms with Crippen molar-refractivity contribution in [2.24, 2.45) is 5.73 Å². The van der Waals surface area contributed by atoms with Gasteiger partial charge in [0.2, 0.25) is 0 Å². The topological polar surface area (TPSA) is 170 Å². The van der Waals surface area contributed by atoms with Gasteiger partial charge >= 0.3 is 0 Å². The van der Waals surface area contributed by atoms with Crippen LogP contribution in [0.15, 0.2) is 6.20 Å². The Balaban J connectivity index is 1.95. The van der Waals surface area contributed by atoms with Gasteiger partial charge in [-0.25, -0.2) is 4.68 Å². The van der Waals surface area contributed by atoms with Gasteiger partial charge in [0.05, 0.1) is 17.9 Å². The van der Waals surface area contributed by atoms with Crippen LogP contribution in [-0.4, -0.2) is 79.1 Å². The van der Waals surface area contributed by atoms with Crippen LogP contribution in [-0.2, 0) is 32.2 Å². The Labute approximate surface area is 137 Å². The van der Waals surface area contributed by atoms with E-state index in [1.54, 1.807) is 0 Å². The molecular formula is C13H20N4O7. The first kappa shape index (κ1) is 18.6. The summed E-state index contributed by atoms with van der Waals surface area (Å²) >= 11 is 0. The Morgan fingerprint density at radius 1 is 1.46 bits per heavy atom. The summed E-state index contributed by atoms with van der Waals surface area (Å²) in [5.41, 5.74) is 5.95. The number of rotatable bonds is 7. The van der Waals surface area contributed by atoms with Crippen LogP contribution in [0, 0.1) is 0 Å². The Bertz CT molecular complexity index is 580. The quantitative estimate of drug-likeness (QED) is 0.368. The van der Waals surface area contributed by atoms with Crippen LogP contribution in [0.1, 0.15) is 12.6 Å². The van der Waals surface area contributed by atoms with Crippen LogP contribution in [0.25, 0.3) is 0 Å². The van der Waals surface area contributed by atoms with E-state index in [2.05, 4.69) is 10.3 Å². The molecule has 1 saturated heterocycles. The van der Waals surface area contributed by atoms with E-state index in [4.69, 9.17) is 15.2 Å². The van der Waals surface area contributed by atoms with E-state index in [0.717, 1.165) is 0 Å². The summed E-state index contributed by atoms with van der Waals surface area (Å²) in [6, 6.07) is -0.687. The van der Waals surface area contributed by atoms with Gasteiger partial charge in [0, 0.05) is 6.42 Å². The fourth-order valence-corrected chi connectivity index (χ4v) is 2.26. The molecule has 1 aromatic heterocycles. The molecule has 1 aliphatic rings. The number of hydrogen-bond donors (Lipinski definition) is 4. The third-order valence-electron chi connectivity index (χ3n) is 3.55. The molecule has 0 aromatic carbocycles. The second-order valence-corrected chi connectivity index (χ2v) is 5.56. The summed E-state index contributed by atoms with van der Waals surface area (Å²) in [6.07, 6.45) is -5.00. The fourth-order valence-electron chi connectivity index (χ4n) is 2.26. The lowest BCUT2D eigenvalue weighted by atomic mass is 9.97. The summed E-state index contributed by atoms with van der Waals surface area (Å²) in [5, 5.41) is 36.9. The molecular weight excluding hydrogens is 324 g/mol. The van der Waals surface area contributed by atoms with Crippen molar-refractivity contribution in [1.29, 1.82) is 0 Å². The minimum absolute atomic E-state index is 0.196. The number of ether oxygens (including phenoxy) is 2. The summed E-state index contributed by atoms with van der Waals surface area (Å²) in [6.45, 7) is 0.994. The highest BCUT2D eigenvalue weighted by atomic mass is 16.7. The Kier molecular flexibility index (Phi) is 6.10. The highest BCUT2D eigenvalue weighted by Crippen LogP contribution is 2.22. The fraction of sp³-hybridized carbons (Fsp3) is 0.692. The van der Waals surface area contributed by atoms with E-state index < -0.39 is 42.5 Å². The molecule has 2 rings (SSSR count). The van der Waals surface area contributed by atoms with Crippen LogP contribution in [0.5, 0.6) is 0 Å². The molecule has 2 heterocycles. The van der Waals surface area contributed by atoms with Crippen molar-refractivity contribution in [3.63, 3.8) is 0 Å². The van der Waals surface area contributed by atoms with Crippen LogP contribution in [0.3, 0.4) is 0 Å². The maximum absolute atomic E-state index is 11.4. The number of carbonyl (C=O) groups is 2. The van der Waals surface area contributed by atoms with Gasteiger partial charge in [-0.3, -0.25) is 4.79 Å².